The van der Waals surface area contributed by atoms with Crippen molar-refractivity contribution >= 4 is 35.1 Å². The number of alkyl halides is 1. The van der Waals surface area contributed by atoms with Crippen LogP contribution in [0.4, 0.5) is 0 Å². The highest BCUT2D eigenvalue weighted by Crippen LogP contribution is 2.36. The van der Waals surface area contributed by atoms with Gasteiger partial charge in [-0.1, -0.05) is 73.8 Å². The summed E-state index contributed by atoms with van der Waals surface area (Å²) in [6.45, 7) is 9.38. The first-order valence-electron chi connectivity index (χ1n) is 11.1. The molecule has 0 atom stereocenters. The Hall–Kier alpha value is -1.44. The fraction of sp³-hybridized carbons (Fsp3) is 0.444. The first-order valence-corrected chi connectivity index (χ1v) is 13.3. The molecular weight excluding hydrogens is 455 g/mol. The van der Waals surface area contributed by atoms with Crippen molar-refractivity contribution in [2.45, 2.75) is 57.8 Å². The highest BCUT2D eigenvalue weighted by Gasteiger charge is 2.25. The molecular formula is C27H34Cl2N2S. The van der Waals surface area contributed by atoms with E-state index in [1.807, 2.05) is 18.4 Å². The molecule has 172 valence electrons. The lowest BCUT2D eigenvalue weighted by Gasteiger charge is -2.27. The summed E-state index contributed by atoms with van der Waals surface area (Å²) >= 11 is 14.1. The van der Waals surface area contributed by atoms with E-state index in [1.54, 1.807) is 11.9 Å². The van der Waals surface area contributed by atoms with E-state index in [2.05, 4.69) is 55.5 Å². The molecule has 0 aromatic heterocycles. The van der Waals surface area contributed by atoms with E-state index in [4.69, 9.17) is 23.2 Å². The van der Waals surface area contributed by atoms with Crippen LogP contribution < -0.4 is 4.72 Å². The number of benzene rings is 2. The Labute approximate surface area is 208 Å². The van der Waals surface area contributed by atoms with Crippen molar-refractivity contribution in [2.24, 2.45) is 0 Å². The largest absolute Gasteiger partial charge is 0.260 e. The topological polar surface area (TPSA) is 35.8 Å². The molecule has 0 amide bonds. The van der Waals surface area contributed by atoms with Crippen molar-refractivity contribution < 1.29 is 0 Å². The van der Waals surface area contributed by atoms with E-state index in [0.29, 0.717) is 16.5 Å². The summed E-state index contributed by atoms with van der Waals surface area (Å²) in [6, 6.07) is 15.2. The Morgan fingerprint density at radius 3 is 2.44 bits per heavy atom. The Bertz CT molecular complexity index is 930. The molecule has 0 aliphatic carbocycles. The van der Waals surface area contributed by atoms with E-state index in [-0.39, 0.29) is 5.41 Å². The summed E-state index contributed by atoms with van der Waals surface area (Å²) in [5.41, 5.74) is 6.18. The van der Waals surface area contributed by atoms with Gasteiger partial charge in [0.15, 0.2) is 0 Å². The molecule has 0 fully saturated rings. The quantitative estimate of drug-likeness (QED) is 0.135. The van der Waals surface area contributed by atoms with Gasteiger partial charge in [0.2, 0.25) is 0 Å². The zero-order chi connectivity index (χ0) is 23.6. The number of nitriles is 1. The molecule has 2 rings (SSSR count). The third kappa shape index (κ3) is 7.56. The van der Waals surface area contributed by atoms with Gasteiger partial charge in [0.05, 0.1) is 11.6 Å². The lowest BCUT2D eigenvalue weighted by atomic mass is 9.77. The number of halogens is 2. The van der Waals surface area contributed by atoms with Gasteiger partial charge in [-0.3, -0.25) is 4.72 Å². The van der Waals surface area contributed by atoms with Crippen LogP contribution in [0, 0.1) is 11.3 Å². The van der Waals surface area contributed by atoms with Gasteiger partial charge in [-0.05, 0) is 79.2 Å². The van der Waals surface area contributed by atoms with Crippen molar-refractivity contribution in [3.63, 3.8) is 0 Å². The molecule has 0 heterocycles. The summed E-state index contributed by atoms with van der Waals surface area (Å²) in [5, 5.41) is 10.3. The maximum Gasteiger partial charge on any atom is 0.0995 e. The van der Waals surface area contributed by atoms with Crippen molar-refractivity contribution in [2.75, 3.05) is 18.7 Å². The lowest BCUT2D eigenvalue weighted by Crippen LogP contribution is -2.19. The SMILES string of the molecule is C=C(CCCCc1ccc(C(C)(C)c2cc(Cl)c(CCCCl)c(C#N)c2)cc1)CNSC. The van der Waals surface area contributed by atoms with E-state index in [1.165, 1.54) is 16.7 Å². The van der Waals surface area contributed by atoms with Gasteiger partial charge in [0.1, 0.15) is 0 Å². The second-order valence-electron chi connectivity index (χ2n) is 8.69. The maximum absolute atomic E-state index is 9.67. The Morgan fingerprint density at radius 2 is 1.81 bits per heavy atom. The van der Waals surface area contributed by atoms with Crippen LogP contribution in [-0.4, -0.2) is 18.7 Å². The predicted octanol–water partition coefficient (Wildman–Crippen LogP) is 7.85. The molecule has 0 spiro atoms. The zero-order valence-corrected chi connectivity index (χ0v) is 21.8. The average Bonchev–Trinajstić information content (AvgIpc) is 2.79. The highest BCUT2D eigenvalue weighted by atomic mass is 35.5. The second kappa shape index (κ2) is 13.3. The molecule has 1 N–H and O–H groups in total. The van der Waals surface area contributed by atoms with E-state index in [9.17, 15) is 5.26 Å². The standard InChI is InChI=1S/C27H34Cl2N2S/c1-20(19-31-32-4)8-5-6-9-21-11-13-23(14-12-21)27(2,3)24-16-22(18-30)25(10-7-15-28)26(29)17-24/h11-14,16-17,31H,1,5-10,15,19H2,2-4H3. The normalized spacial score (nSPS) is 11.4. The fourth-order valence-electron chi connectivity index (χ4n) is 3.82. The predicted molar refractivity (Wildman–Crippen MR) is 142 cm³/mol. The van der Waals surface area contributed by atoms with Gasteiger partial charge in [-0.15, -0.1) is 11.6 Å². The van der Waals surface area contributed by atoms with E-state index < -0.39 is 0 Å². The molecule has 0 saturated carbocycles. The van der Waals surface area contributed by atoms with Crippen molar-refractivity contribution in [1.82, 2.24) is 4.72 Å². The molecule has 2 aromatic carbocycles. The number of nitrogens with zero attached hydrogens (tertiary/aromatic N) is 1. The smallest absolute Gasteiger partial charge is 0.0995 e. The van der Waals surface area contributed by atoms with Crippen LogP contribution in [0.25, 0.3) is 0 Å². The first-order chi connectivity index (χ1) is 15.3. The number of aryl methyl sites for hydroxylation is 1. The van der Waals surface area contributed by atoms with Crippen LogP contribution in [0.3, 0.4) is 0 Å². The van der Waals surface area contributed by atoms with Gasteiger partial charge < -0.3 is 0 Å². The van der Waals surface area contributed by atoms with Crippen molar-refractivity contribution in [3.8, 4) is 6.07 Å². The number of hydrogen-bond acceptors (Lipinski definition) is 3. The summed E-state index contributed by atoms with van der Waals surface area (Å²) in [4.78, 5) is 0. The Balaban J connectivity index is 2.06. The molecule has 5 heteroatoms. The summed E-state index contributed by atoms with van der Waals surface area (Å²) in [5.74, 6) is 0.560. The third-order valence-corrected chi connectivity index (χ3v) is 7.02. The molecule has 0 saturated heterocycles. The van der Waals surface area contributed by atoms with Gasteiger partial charge in [-0.2, -0.15) is 5.26 Å². The fourth-order valence-corrected chi connectivity index (χ4v) is 4.61. The van der Waals surface area contributed by atoms with Crippen LogP contribution >= 0.6 is 35.1 Å². The molecule has 2 aromatic rings. The van der Waals surface area contributed by atoms with E-state index >= 15 is 0 Å². The number of rotatable bonds is 13. The van der Waals surface area contributed by atoms with Crippen LogP contribution in [0.15, 0.2) is 48.6 Å². The van der Waals surface area contributed by atoms with Crippen LogP contribution in [0.5, 0.6) is 0 Å². The average molecular weight is 490 g/mol. The molecule has 0 unspecified atom stereocenters. The van der Waals surface area contributed by atoms with Crippen molar-refractivity contribution in [3.05, 3.63) is 81.4 Å². The molecule has 0 radical (unpaired) electrons. The van der Waals surface area contributed by atoms with Gasteiger partial charge in [0.25, 0.3) is 0 Å². The van der Waals surface area contributed by atoms with Crippen LogP contribution in [-0.2, 0) is 18.3 Å². The lowest BCUT2D eigenvalue weighted by molar-refractivity contribution is 0.639. The van der Waals surface area contributed by atoms with Gasteiger partial charge >= 0.3 is 0 Å². The molecule has 2 nitrogen and oxygen atoms in total. The molecule has 32 heavy (non-hydrogen) atoms. The van der Waals surface area contributed by atoms with Crippen LogP contribution in [0.2, 0.25) is 5.02 Å². The van der Waals surface area contributed by atoms with Gasteiger partial charge in [-0.25, -0.2) is 0 Å². The number of nitrogens with one attached hydrogen (secondary N) is 1. The Morgan fingerprint density at radius 1 is 1.09 bits per heavy atom. The van der Waals surface area contributed by atoms with E-state index in [0.717, 1.165) is 56.2 Å². The third-order valence-electron chi connectivity index (χ3n) is 5.99. The number of hydrogen-bond donors (Lipinski definition) is 1. The first kappa shape index (κ1) is 26.8. The maximum atomic E-state index is 9.67. The molecule has 0 aliphatic rings. The van der Waals surface area contributed by atoms with Crippen LogP contribution in [0.1, 0.15) is 67.3 Å². The highest BCUT2D eigenvalue weighted by molar-refractivity contribution is 7.96. The minimum atomic E-state index is -0.249. The Kier molecular flexibility index (Phi) is 11.2. The monoisotopic (exact) mass is 488 g/mol. The minimum Gasteiger partial charge on any atom is -0.260 e. The second-order valence-corrected chi connectivity index (χ2v) is 10.2. The summed E-state index contributed by atoms with van der Waals surface area (Å²) in [6.07, 6.45) is 8.03. The molecule has 0 bridgehead atoms. The minimum absolute atomic E-state index is 0.249. The van der Waals surface area contributed by atoms with Gasteiger partial charge in [0, 0.05) is 22.9 Å². The molecule has 0 aliphatic heterocycles. The summed E-state index contributed by atoms with van der Waals surface area (Å²) < 4.78 is 3.25. The zero-order valence-electron chi connectivity index (χ0n) is 19.4. The summed E-state index contributed by atoms with van der Waals surface area (Å²) in [7, 11) is 0. The number of unbranched alkanes of at least 4 members (excludes halogenated alkanes) is 1. The van der Waals surface area contributed by atoms with Crippen molar-refractivity contribution in [1.29, 1.82) is 5.26 Å².